The number of likely N-dealkylation sites (tertiary alicyclic amines) is 1. The van der Waals surface area contributed by atoms with Gasteiger partial charge in [-0.3, -0.25) is 9.89 Å². The maximum atomic E-state index is 5.84. The molecule has 0 amide bonds. The molecule has 5 nitrogen and oxygen atoms in total. The molecule has 1 rings (SSSR count). The second kappa shape index (κ2) is 11.7. The molecule has 1 N–H and O–H groups in total. The zero-order chi connectivity index (χ0) is 17.9. The number of nitrogens with one attached hydrogen (secondary N) is 1. The van der Waals surface area contributed by atoms with Crippen LogP contribution in [0.2, 0.25) is 0 Å². The number of nitrogens with zero attached hydrogens (tertiary/aromatic N) is 3. The fourth-order valence-corrected chi connectivity index (χ4v) is 3.52. The Bertz CT molecular complexity index is 355. The topological polar surface area (TPSA) is 40.1 Å². The summed E-state index contributed by atoms with van der Waals surface area (Å²) in [5.41, 5.74) is 0. The van der Waals surface area contributed by atoms with Crippen LogP contribution in [0.4, 0.5) is 0 Å². The van der Waals surface area contributed by atoms with Gasteiger partial charge in [0.1, 0.15) is 0 Å². The van der Waals surface area contributed by atoms with Gasteiger partial charge in [-0.05, 0) is 45.7 Å². The first-order chi connectivity index (χ1) is 11.6. The number of guanidine groups is 1. The third-order valence-corrected chi connectivity index (χ3v) is 4.93. The number of likely N-dealkylation sites (N-methyl/N-ethyl adjacent to an activating group) is 1. The number of rotatable bonds is 10. The van der Waals surface area contributed by atoms with E-state index >= 15 is 0 Å². The molecule has 0 aromatic carbocycles. The summed E-state index contributed by atoms with van der Waals surface area (Å²) in [5, 5.41) is 3.47. The molecule has 0 aromatic rings. The van der Waals surface area contributed by atoms with E-state index in [2.05, 4.69) is 56.7 Å². The predicted octanol–water partition coefficient (Wildman–Crippen LogP) is 2.82. The number of hydrogen-bond donors (Lipinski definition) is 1. The molecule has 0 spiro atoms. The molecule has 1 heterocycles. The van der Waals surface area contributed by atoms with Gasteiger partial charge in [-0.15, -0.1) is 0 Å². The van der Waals surface area contributed by atoms with Crippen molar-refractivity contribution in [3.8, 4) is 0 Å². The number of aliphatic imine (C=N–C) groups is 1. The molecule has 1 aliphatic rings. The predicted molar refractivity (Wildman–Crippen MR) is 104 cm³/mol. The van der Waals surface area contributed by atoms with Crippen LogP contribution in [-0.2, 0) is 4.74 Å². The monoisotopic (exact) mass is 340 g/mol. The Kier molecular flexibility index (Phi) is 10.3. The van der Waals surface area contributed by atoms with Crippen LogP contribution in [-0.4, -0.2) is 73.8 Å². The summed E-state index contributed by atoms with van der Waals surface area (Å²) in [6.45, 7) is 20.2. The molecule has 2 atom stereocenters. The van der Waals surface area contributed by atoms with Crippen molar-refractivity contribution in [2.24, 2.45) is 10.9 Å². The quantitative estimate of drug-likeness (QED) is 0.490. The first-order valence-electron chi connectivity index (χ1n) is 9.96. The lowest BCUT2D eigenvalue weighted by Gasteiger charge is -2.27. The Labute approximate surface area is 149 Å². The van der Waals surface area contributed by atoms with Crippen molar-refractivity contribution in [2.75, 3.05) is 45.9 Å². The van der Waals surface area contributed by atoms with Gasteiger partial charge in [0.05, 0.1) is 6.10 Å². The molecule has 0 bridgehead atoms. The Morgan fingerprint density at radius 1 is 1.25 bits per heavy atom. The van der Waals surface area contributed by atoms with Crippen LogP contribution in [0.1, 0.15) is 54.4 Å². The lowest BCUT2D eigenvalue weighted by molar-refractivity contribution is 0.0266. The molecule has 1 fully saturated rings. The standard InChI is InChI=1S/C19H40N4O/c1-7-20-19(21-13-11-18(16(5)6)24-10-4)23-14-12-17(15-23)22(8-2)9-3/h16-18H,7-15H2,1-6H3,(H,20,21). The normalized spacial score (nSPS) is 20.2. The minimum atomic E-state index is 0.309. The van der Waals surface area contributed by atoms with Crippen LogP contribution in [0.25, 0.3) is 0 Å². The first-order valence-corrected chi connectivity index (χ1v) is 9.96. The Morgan fingerprint density at radius 2 is 1.96 bits per heavy atom. The molecule has 1 saturated heterocycles. The van der Waals surface area contributed by atoms with E-state index in [1.165, 1.54) is 6.42 Å². The van der Waals surface area contributed by atoms with E-state index in [1.807, 2.05) is 0 Å². The summed E-state index contributed by atoms with van der Waals surface area (Å²) in [4.78, 5) is 9.87. The van der Waals surface area contributed by atoms with Crippen molar-refractivity contribution < 1.29 is 4.74 Å². The van der Waals surface area contributed by atoms with Gasteiger partial charge >= 0.3 is 0 Å². The van der Waals surface area contributed by atoms with Crippen LogP contribution in [0.3, 0.4) is 0 Å². The van der Waals surface area contributed by atoms with Gasteiger partial charge in [0.2, 0.25) is 0 Å². The maximum Gasteiger partial charge on any atom is 0.193 e. The van der Waals surface area contributed by atoms with Crippen molar-refractivity contribution in [3.05, 3.63) is 0 Å². The second-order valence-corrected chi connectivity index (χ2v) is 6.87. The van der Waals surface area contributed by atoms with E-state index in [4.69, 9.17) is 9.73 Å². The summed E-state index contributed by atoms with van der Waals surface area (Å²) in [5.74, 6) is 1.62. The molecular weight excluding hydrogens is 300 g/mol. The number of hydrogen-bond acceptors (Lipinski definition) is 3. The van der Waals surface area contributed by atoms with Gasteiger partial charge in [-0.1, -0.05) is 27.7 Å². The average molecular weight is 341 g/mol. The summed E-state index contributed by atoms with van der Waals surface area (Å²) < 4.78 is 5.84. The highest BCUT2D eigenvalue weighted by atomic mass is 16.5. The minimum Gasteiger partial charge on any atom is -0.378 e. The van der Waals surface area contributed by atoms with E-state index < -0.39 is 0 Å². The highest BCUT2D eigenvalue weighted by Crippen LogP contribution is 2.16. The van der Waals surface area contributed by atoms with E-state index in [9.17, 15) is 0 Å². The van der Waals surface area contributed by atoms with E-state index in [1.54, 1.807) is 0 Å². The van der Waals surface area contributed by atoms with Crippen molar-refractivity contribution in [1.82, 2.24) is 15.1 Å². The highest BCUT2D eigenvalue weighted by molar-refractivity contribution is 5.80. The third-order valence-electron chi connectivity index (χ3n) is 4.93. The summed E-state index contributed by atoms with van der Waals surface area (Å²) >= 11 is 0. The Hall–Kier alpha value is -0.810. The van der Waals surface area contributed by atoms with Crippen molar-refractivity contribution in [1.29, 1.82) is 0 Å². The molecule has 24 heavy (non-hydrogen) atoms. The van der Waals surface area contributed by atoms with Crippen LogP contribution in [0.5, 0.6) is 0 Å². The second-order valence-electron chi connectivity index (χ2n) is 6.87. The van der Waals surface area contributed by atoms with Crippen LogP contribution in [0, 0.1) is 5.92 Å². The van der Waals surface area contributed by atoms with Crippen LogP contribution in [0.15, 0.2) is 4.99 Å². The molecule has 2 unspecified atom stereocenters. The van der Waals surface area contributed by atoms with Crippen molar-refractivity contribution in [2.45, 2.75) is 66.5 Å². The third kappa shape index (κ3) is 6.60. The SMILES string of the molecule is CCNC(=NCCC(OCC)C(C)C)N1CCC(N(CC)CC)C1. The molecule has 0 radical (unpaired) electrons. The minimum absolute atomic E-state index is 0.309. The molecule has 0 aromatic heterocycles. The molecular formula is C19H40N4O. The average Bonchev–Trinajstić information content (AvgIpc) is 3.04. The molecule has 1 aliphatic heterocycles. The van der Waals surface area contributed by atoms with Crippen LogP contribution >= 0.6 is 0 Å². The first kappa shape index (κ1) is 21.2. The van der Waals surface area contributed by atoms with E-state index in [0.717, 1.165) is 58.3 Å². The molecule has 0 aliphatic carbocycles. The lowest BCUT2D eigenvalue weighted by atomic mass is 10.0. The maximum absolute atomic E-state index is 5.84. The Balaban J connectivity index is 2.59. The molecule has 142 valence electrons. The fraction of sp³-hybridized carbons (Fsp3) is 0.947. The van der Waals surface area contributed by atoms with Crippen LogP contribution < -0.4 is 5.32 Å². The molecule has 5 heteroatoms. The van der Waals surface area contributed by atoms with Crippen molar-refractivity contribution in [3.63, 3.8) is 0 Å². The van der Waals surface area contributed by atoms with Gasteiger partial charge in [0.25, 0.3) is 0 Å². The van der Waals surface area contributed by atoms with E-state index in [0.29, 0.717) is 18.1 Å². The fourth-order valence-electron chi connectivity index (χ4n) is 3.52. The van der Waals surface area contributed by atoms with Crippen molar-refractivity contribution >= 4 is 5.96 Å². The van der Waals surface area contributed by atoms with E-state index in [-0.39, 0.29) is 0 Å². The van der Waals surface area contributed by atoms with Gasteiger partial charge in [0, 0.05) is 38.8 Å². The number of ether oxygens (including phenoxy) is 1. The summed E-state index contributed by atoms with van der Waals surface area (Å²) in [6.07, 6.45) is 2.54. The molecule has 0 saturated carbocycles. The van der Waals surface area contributed by atoms with Gasteiger partial charge in [-0.2, -0.15) is 0 Å². The summed E-state index contributed by atoms with van der Waals surface area (Å²) in [7, 11) is 0. The largest absolute Gasteiger partial charge is 0.378 e. The smallest absolute Gasteiger partial charge is 0.193 e. The van der Waals surface area contributed by atoms with Gasteiger partial charge < -0.3 is 15.0 Å². The van der Waals surface area contributed by atoms with Gasteiger partial charge in [0.15, 0.2) is 5.96 Å². The Morgan fingerprint density at radius 3 is 2.50 bits per heavy atom. The highest BCUT2D eigenvalue weighted by Gasteiger charge is 2.28. The lowest BCUT2D eigenvalue weighted by Crippen LogP contribution is -2.43. The zero-order valence-corrected chi connectivity index (χ0v) is 16.8. The van der Waals surface area contributed by atoms with Gasteiger partial charge in [-0.25, -0.2) is 0 Å². The summed E-state index contributed by atoms with van der Waals surface area (Å²) in [6, 6.07) is 0.663. The zero-order valence-electron chi connectivity index (χ0n) is 16.8.